The number of aliphatic hydroxyl groups is 1. The Balaban J connectivity index is 0. The minimum absolute atomic E-state index is 0. The fourth-order valence-corrected chi connectivity index (χ4v) is 4.61. The molecule has 0 aromatic rings. The van der Waals surface area contributed by atoms with Crippen molar-refractivity contribution in [2.45, 2.75) is 141 Å². The predicted molar refractivity (Wildman–Crippen MR) is 114 cm³/mol. The quantitative estimate of drug-likeness (QED) is 0.177. The molecule has 2 unspecified atom stereocenters. The van der Waals surface area contributed by atoms with E-state index in [0.717, 1.165) is 25.7 Å². The molecule has 164 valence electrons. The summed E-state index contributed by atoms with van der Waals surface area (Å²) in [7, 11) is -4.31. The Labute approximate surface area is 218 Å². The fourth-order valence-electron chi connectivity index (χ4n) is 3.70. The fraction of sp³-hybridized carbons (Fsp3) is 1.00. The summed E-state index contributed by atoms with van der Waals surface area (Å²) in [5.41, 5.74) is 0. The van der Waals surface area contributed by atoms with E-state index in [1.165, 1.54) is 70.6 Å². The summed E-state index contributed by atoms with van der Waals surface area (Å²) in [6.07, 6.45) is 18.7. The van der Waals surface area contributed by atoms with Crippen LogP contribution < -0.4 is 51.4 Å². The molecule has 28 heavy (non-hydrogen) atoms. The van der Waals surface area contributed by atoms with E-state index in [-0.39, 0.29) is 57.8 Å². The Hall–Kier alpha value is 1.51. The molecule has 0 aliphatic rings. The topological polar surface area (TPSA) is 77.4 Å². The molecule has 0 bridgehead atoms. The van der Waals surface area contributed by atoms with Crippen LogP contribution in [0.4, 0.5) is 0 Å². The molecule has 0 saturated carbocycles. The van der Waals surface area contributed by atoms with Crippen molar-refractivity contribution in [3.63, 3.8) is 0 Å². The van der Waals surface area contributed by atoms with Crippen molar-refractivity contribution in [1.29, 1.82) is 0 Å². The molecule has 0 aliphatic heterocycles. The molecule has 0 heterocycles. The molecule has 0 rings (SSSR count). The van der Waals surface area contributed by atoms with E-state index in [9.17, 15) is 18.1 Å². The molecule has 2 atom stereocenters. The van der Waals surface area contributed by atoms with E-state index in [0.29, 0.717) is 12.8 Å². The van der Waals surface area contributed by atoms with Gasteiger partial charge < -0.3 is 9.66 Å². The van der Waals surface area contributed by atoms with Gasteiger partial charge in [0.1, 0.15) is 0 Å². The van der Waals surface area contributed by atoms with Gasteiger partial charge in [-0.1, -0.05) is 110 Å². The van der Waals surface area contributed by atoms with Crippen molar-refractivity contribution in [2.24, 2.45) is 0 Å². The smallest absolute Gasteiger partial charge is 0.748 e. The van der Waals surface area contributed by atoms with Crippen molar-refractivity contribution < 1.29 is 69.5 Å². The van der Waals surface area contributed by atoms with Crippen molar-refractivity contribution in [1.82, 2.24) is 0 Å². The molecule has 4 nitrogen and oxygen atoms in total. The standard InChI is InChI=1S/C22H46O4S.K/c1-3-5-6-7-8-9-10-11-12-13-14-15-16-17-19-22(27(24,25)26)20-21(23)18-4-2;/h21-23H,3-20H2,1-2H3,(H,24,25,26);/q;+1/p-1. The monoisotopic (exact) mass is 444 g/mol. The van der Waals surface area contributed by atoms with Gasteiger partial charge in [0.2, 0.25) is 0 Å². The summed E-state index contributed by atoms with van der Waals surface area (Å²) in [4.78, 5) is 0. The third kappa shape index (κ3) is 20.8. The van der Waals surface area contributed by atoms with Crippen LogP contribution >= 0.6 is 0 Å². The zero-order valence-corrected chi connectivity index (χ0v) is 22.9. The SMILES string of the molecule is CCCCCCCCCCCCCCCCC(CC(O)CCC)S(=O)(=O)[O-].[K+]. The van der Waals surface area contributed by atoms with E-state index < -0.39 is 21.5 Å². The van der Waals surface area contributed by atoms with E-state index in [1.54, 1.807) is 0 Å². The summed E-state index contributed by atoms with van der Waals surface area (Å²) in [5, 5.41) is 8.87. The second-order valence-corrected chi connectivity index (χ2v) is 9.83. The molecule has 1 N–H and O–H groups in total. The first-order valence-electron chi connectivity index (χ1n) is 11.5. The van der Waals surface area contributed by atoms with Crippen LogP contribution in [0.3, 0.4) is 0 Å². The molecule has 0 aromatic carbocycles. The normalized spacial score (nSPS) is 13.9. The molecule has 0 aliphatic carbocycles. The van der Waals surface area contributed by atoms with Crippen molar-refractivity contribution >= 4 is 10.1 Å². The average Bonchev–Trinajstić information content (AvgIpc) is 2.60. The van der Waals surface area contributed by atoms with Crippen molar-refractivity contribution in [3.05, 3.63) is 0 Å². The van der Waals surface area contributed by atoms with Gasteiger partial charge >= 0.3 is 51.4 Å². The maximum atomic E-state index is 11.4. The predicted octanol–water partition coefficient (Wildman–Crippen LogP) is 3.33. The third-order valence-electron chi connectivity index (χ3n) is 5.44. The zero-order chi connectivity index (χ0) is 20.4. The van der Waals surface area contributed by atoms with Gasteiger partial charge in [-0.25, -0.2) is 8.42 Å². The molecule has 0 fully saturated rings. The van der Waals surface area contributed by atoms with Crippen LogP contribution in [0.15, 0.2) is 0 Å². The summed E-state index contributed by atoms with van der Waals surface area (Å²) in [6, 6.07) is 0. The van der Waals surface area contributed by atoms with Gasteiger partial charge in [0.05, 0.1) is 21.5 Å². The molecule has 0 radical (unpaired) electrons. The maximum absolute atomic E-state index is 11.4. The second-order valence-electron chi connectivity index (χ2n) is 8.18. The number of hydrogen-bond acceptors (Lipinski definition) is 4. The Kier molecular flexibility index (Phi) is 24.6. The maximum Gasteiger partial charge on any atom is 1.00 e. The Bertz CT molecular complexity index is 415. The van der Waals surface area contributed by atoms with Crippen LogP contribution in [0.1, 0.15) is 129 Å². The zero-order valence-electron chi connectivity index (χ0n) is 19.0. The largest absolute Gasteiger partial charge is 1.00 e. The molecular weight excluding hydrogens is 399 g/mol. The van der Waals surface area contributed by atoms with E-state index in [4.69, 9.17) is 0 Å². The summed E-state index contributed by atoms with van der Waals surface area (Å²) >= 11 is 0. The first-order valence-corrected chi connectivity index (χ1v) is 13.0. The second kappa shape index (κ2) is 21.7. The number of aliphatic hydroxyl groups excluding tert-OH is 1. The molecule has 0 saturated heterocycles. The number of rotatable bonds is 20. The summed E-state index contributed by atoms with van der Waals surface area (Å²) in [5.74, 6) is 0. The van der Waals surface area contributed by atoms with E-state index >= 15 is 0 Å². The molecular formula is C22H45KO4S. The Morgan fingerprint density at radius 1 is 0.679 bits per heavy atom. The number of unbranched alkanes of at least 4 members (excludes halogenated alkanes) is 13. The van der Waals surface area contributed by atoms with Gasteiger partial charge in [0.15, 0.2) is 0 Å². The molecule has 0 aromatic heterocycles. The van der Waals surface area contributed by atoms with Crippen LogP contribution in [0.2, 0.25) is 0 Å². The van der Waals surface area contributed by atoms with Crippen molar-refractivity contribution in [3.8, 4) is 0 Å². The summed E-state index contributed by atoms with van der Waals surface area (Å²) < 4.78 is 34.1. The molecule has 0 spiro atoms. The van der Waals surface area contributed by atoms with Gasteiger partial charge in [0.25, 0.3) is 0 Å². The molecule has 6 heteroatoms. The Morgan fingerprint density at radius 3 is 1.43 bits per heavy atom. The molecule has 0 amide bonds. The van der Waals surface area contributed by atoms with Crippen LogP contribution in [0.5, 0.6) is 0 Å². The van der Waals surface area contributed by atoms with Gasteiger partial charge in [0, 0.05) is 0 Å². The van der Waals surface area contributed by atoms with Crippen LogP contribution in [0, 0.1) is 0 Å². The van der Waals surface area contributed by atoms with Gasteiger partial charge in [-0.2, -0.15) is 0 Å². The minimum Gasteiger partial charge on any atom is -0.748 e. The van der Waals surface area contributed by atoms with Crippen molar-refractivity contribution in [2.75, 3.05) is 0 Å². The first-order chi connectivity index (χ1) is 12.9. The number of hydrogen-bond donors (Lipinski definition) is 1. The summed E-state index contributed by atoms with van der Waals surface area (Å²) in [6.45, 7) is 4.19. The first kappa shape index (κ1) is 31.7. The van der Waals surface area contributed by atoms with Crippen LogP contribution in [-0.4, -0.2) is 29.4 Å². The van der Waals surface area contributed by atoms with Gasteiger partial charge in [-0.3, -0.25) is 0 Å². The van der Waals surface area contributed by atoms with E-state index in [1.807, 2.05) is 6.92 Å². The van der Waals surface area contributed by atoms with Crippen LogP contribution in [0.25, 0.3) is 0 Å². The third-order valence-corrected chi connectivity index (χ3v) is 6.69. The van der Waals surface area contributed by atoms with Gasteiger partial charge in [-0.15, -0.1) is 0 Å². The van der Waals surface area contributed by atoms with Gasteiger partial charge in [-0.05, 0) is 19.3 Å². The minimum atomic E-state index is -4.31. The average molecular weight is 445 g/mol. The van der Waals surface area contributed by atoms with E-state index in [2.05, 4.69) is 6.92 Å². The Morgan fingerprint density at radius 2 is 1.07 bits per heavy atom. The van der Waals surface area contributed by atoms with Crippen LogP contribution in [-0.2, 0) is 10.1 Å².